The van der Waals surface area contributed by atoms with Crippen LogP contribution in [0.25, 0.3) is 0 Å². The molecule has 0 aromatic heterocycles. The summed E-state index contributed by atoms with van der Waals surface area (Å²) in [5, 5.41) is 0. The van der Waals surface area contributed by atoms with Gasteiger partial charge in [-0.3, -0.25) is 0 Å². The molecule has 0 aromatic carbocycles. The van der Waals surface area contributed by atoms with Crippen molar-refractivity contribution in [2.75, 3.05) is 0 Å². The molecule has 0 N–H and O–H groups in total. The predicted molar refractivity (Wildman–Crippen MR) is 135 cm³/mol. The molecule has 0 radical (unpaired) electrons. The monoisotopic (exact) mass is 424 g/mol. The fourth-order valence-electron chi connectivity index (χ4n) is 10.8. The van der Waals surface area contributed by atoms with Crippen LogP contribution in [0.5, 0.6) is 0 Å². The average molecular weight is 425 g/mol. The first-order valence-electron chi connectivity index (χ1n) is 14.2. The lowest BCUT2D eigenvalue weighted by Crippen LogP contribution is -2.62. The molecule has 8 atom stereocenters. The van der Waals surface area contributed by atoms with E-state index in [0.717, 1.165) is 23.7 Å². The Morgan fingerprint density at radius 2 is 1.48 bits per heavy atom. The number of hydrogen-bond donors (Lipinski definition) is 0. The molecule has 0 nitrogen and oxygen atoms in total. The Morgan fingerprint density at radius 3 is 2.10 bits per heavy atom. The van der Waals surface area contributed by atoms with Crippen molar-refractivity contribution in [1.29, 1.82) is 0 Å². The highest BCUT2D eigenvalue weighted by Crippen LogP contribution is 2.74. The third kappa shape index (κ3) is 3.28. The number of hydrogen-bond acceptors (Lipinski definition) is 0. The van der Waals surface area contributed by atoms with Gasteiger partial charge in [0.15, 0.2) is 0 Å². The van der Waals surface area contributed by atoms with Gasteiger partial charge in [-0.25, -0.2) is 0 Å². The third-order valence-corrected chi connectivity index (χ3v) is 12.6. The molecule has 0 bridgehead atoms. The van der Waals surface area contributed by atoms with Gasteiger partial charge in [0.25, 0.3) is 0 Å². The predicted octanol–water partition coefficient (Wildman–Crippen LogP) is 9.74. The van der Waals surface area contributed by atoms with E-state index in [0.29, 0.717) is 21.7 Å². The van der Waals surface area contributed by atoms with E-state index >= 15 is 0 Å². The lowest BCUT2D eigenvalue weighted by atomic mass is 9.35. The fourth-order valence-corrected chi connectivity index (χ4v) is 10.8. The first kappa shape index (κ1) is 23.7. The molecule has 4 aliphatic rings. The van der Waals surface area contributed by atoms with E-state index in [-0.39, 0.29) is 0 Å². The summed E-state index contributed by atoms with van der Waals surface area (Å²) >= 11 is 0. The van der Waals surface area contributed by atoms with Crippen LogP contribution < -0.4 is 0 Å². The van der Waals surface area contributed by atoms with E-state index in [1.165, 1.54) is 95.5 Å². The van der Waals surface area contributed by atoms with Crippen molar-refractivity contribution in [1.82, 2.24) is 0 Å². The zero-order valence-corrected chi connectivity index (χ0v) is 21.9. The van der Waals surface area contributed by atoms with Crippen LogP contribution in [0.15, 0.2) is 17.9 Å². The highest BCUT2D eigenvalue weighted by molar-refractivity contribution is 5.18. The number of fused-ring (bicyclic) bond motifs is 5. The molecule has 0 heterocycles. The Bertz CT molecular complexity index is 712. The van der Waals surface area contributed by atoms with Gasteiger partial charge in [-0.05, 0) is 128 Å². The maximum absolute atomic E-state index is 4.08. The summed E-state index contributed by atoms with van der Waals surface area (Å²) in [6.07, 6.45) is 20.5. The second kappa shape index (κ2) is 8.38. The van der Waals surface area contributed by atoms with E-state index in [9.17, 15) is 0 Å². The summed E-state index contributed by atoms with van der Waals surface area (Å²) in [5.41, 5.74) is 7.23. The van der Waals surface area contributed by atoms with Gasteiger partial charge in [0, 0.05) is 0 Å². The van der Waals surface area contributed by atoms with Crippen molar-refractivity contribution in [3.05, 3.63) is 17.9 Å². The van der Waals surface area contributed by atoms with Crippen LogP contribution in [0.4, 0.5) is 0 Å². The fraction of sp³-hybridized carbons (Fsp3) is 0.903. The van der Waals surface area contributed by atoms with Gasteiger partial charge in [0.2, 0.25) is 0 Å². The van der Waals surface area contributed by atoms with E-state index in [2.05, 4.69) is 53.9 Å². The van der Waals surface area contributed by atoms with Crippen molar-refractivity contribution in [2.24, 2.45) is 45.3 Å². The molecule has 31 heavy (non-hydrogen) atoms. The lowest BCUT2D eigenvalue weighted by Gasteiger charge is -2.70. The molecule has 4 rings (SSSR count). The maximum Gasteiger partial charge on any atom is -0.00709 e. The van der Waals surface area contributed by atoms with E-state index in [1.807, 2.05) is 0 Å². The molecule has 0 heteroatoms. The van der Waals surface area contributed by atoms with Crippen molar-refractivity contribution in [3.8, 4) is 0 Å². The quantitative estimate of drug-likeness (QED) is 0.385. The van der Waals surface area contributed by atoms with E-state index in [4.69, 9.17) is 0 Å². The van der Waals surface area contributed by atoms with Crippen LogP contribution in [0.3, 0.4) is 0 Å². The van der Waals surface area contributed by atoms with Crippen molar-refractivity contribution < 1.29 is 0 Å². The Kier molecular flexibility index (Phi) is 6.40. The second-order valence-corrected chi connectivity index (χ2v) is 12.9. The molecule has 4 fully saturated rings. The summed E-state index contributed by atoms with van der Waals surface area (Å²) in [4.78, 5) is 0. The molecule has 4 unspecified atom stereocenters. The average Bonchev–Trinajstić information content (AvgIpc) is 2.81. The van der Waals surface area contributed by atoms with Crippen LogP contribution in [-0.2, 0) is 0 Å². The standard InChI is InChI=1S/C31H52/c1-8-23(6)24-14-13-15-25-26-16-19-29(10-3)22-28(7,9-2)18-17-27(29)31(26,12-5)21-20-30(24,25)11-4/h24-27H,1,9-22H2,2-7H3/t24?,25-,26?,27?,28+,29?,30+,31-/m0/s1. The Morgan fingerprint density at radius 1 is 0.806 bits per heavy atom. The maximum atomic E-state index is 4.08. The summed E-state index contributed by atoms with van der Waals surface area (Å²) < 4.78 is 0. The molecule has 4 saturated carbocycles. The molecule has 0 spiro atoms. The van der Waals surface area contributed by atoms with Crippen LogP contribution in [0, 0.1) is 45.3 Å². The topological polar surface area (TPSA) is 0 Å². The van der Waals surface area contributed by atoms with Gasteiger partial charge >= 0.3 is 0 Å². The zero-order valence-electron chi connectivity index (χ0n) is 21.9. The van der Waals surface area contributed by atoms with Gasteiger partial charge in [0.05, 0.1) is 0 Å². The van der Waals surface area contributed by atoms with Gasteiger partial charge in [-0.15, -0.1) is 5.73 Å². The van der Waals surface area contributed by atoms with Gasteiger partial charge < -0.3 is 0 Å². The molecule has 0 amide bonds. The minimum Gasteiger partial charge on any atom is -0.130 e. The van der Waals surface area contributed by atoms with Crippen molar-refractivity contribution >= 4 is 0 Å². The van der Waals surface area contributed by atoms with E-state index in [1.54, 1.807) is 0 Å². The Labute approximate surface area is 194 Å². The van der Waals surface area contributed by atoms with Gasteiger partial charge in [0.1, 0.15) is 0 Å². The highest BCUT2D eigenvalue weighted by atomic mass is 14.7. The second-order valence-electron chi connectivity index (χ2n) is 12.9. The minimum atomic E-state index is 0.537. The van der Waals surface area contributed by atoms with E-state index < -0.39 is 0 Å². The summed E-state index contributed by atoms with van der Waals surface area (Å²) in [7, 11) is 0. The molecule has 176 valence electrons. The number of allylic oxidation sites excluding steroid dienone is 1. The minimum absolute atomic E-state index is 0.537. The third-order valence-electron chi connectivity index (χ3n) is 12.6. The van der Waals surface area contributed by atoms with Crippen molar-refractivity contribution in [3.63, 3.8) is 0 Å². The van der Waals surface area contributed by atoms with Crippen molar-refractivity contribution in [2.45, 2.75) is 131 Å². The van der Waals surface area contributed by atoms with Gasteiger partial charge in [-0.1, -0.05) is 60.5 Å². The highest BCUT2D eigenvalue weighted by Gasteiger charge is 2.65. The van der Waals surface area contributed by atoms with Crippen LogP contribution >= 0.6 is 0 Å². The SMILES string of the molecule is C=C=C(C)C1CCC[C@H]2C3CCC4(CC)C[C@](C)(CC)CCC4[C@@]3(CC)CC[C@]12CC. The molecule has 0 aliphatic heterocycles. The largest absolute Gasteiger partial charge is 0.130 e. The normalized spacial score (nSPS) is 49.4. The lowest BCUT2D eigenvalue weighted by molar-refractivity contribution is -0.205. The molecular weight excluding hydrogens is 372 g/mol. The van der Waals surface area contributed by atoms with Crippen LogP contribution in [0.1, 0.15) is 131 Å². The van der Waals surface area contributed by atoms with Gasteiger partial charge in [-0.2, -0.15) is 0 Å². The summed E-state index contributed by atoms with van der Waals surface area (Å²) in [5.74, 6) is 3.65. The molecule has 0 saturated heterocycles. The molecule has 4 aliphatic carbocycles. The smallest absolute Gasteiger partial charge is 0.00709 e. The Hall–Kier alpha value is -0.480. The first-order chi connectivity index (χ1) is 14.8. The molecular formula is C31H52. The molecule has 0 aromatic rings. The number of rotatable bonds is 5. The Balaban J connectivity index is 1.74. The summed E-state index contributed by atoms with van der Waals surface area (Å²) in [6.45, 7) is 19.2. The summed E-state index contributed by atoms with van der Waals surface area (Å²) in [6, 6.07) is 0. The first-order valence-corrected chi connectivity index (χ1v) is 14.2. The van der Waals surface area contributed by atoms with Crippen LogP contribution in [-0.4, -0.2) is 0 Å². The zero-order chi connectivity index (χ0) is 22.5. The van der Waals surface area contributed by atoms with Crippen LogP contribution in [0.2, 0.25) is 0 Å².